The summed E-state index contributed by atoms with van der Waals surface area (Å²) in [6, 6.07) is 0.341. The molecule has 0 N–H and O–H groups in total. The number of hydrogen-bond acceptors (Lipinski definition) is 3. The summed E-state index contributed by atoms with van der Waals surface area (Å²) in [5.74, 6) is 1.66. The molecular weight excluding hydrogens is 288 g/mol. The predicted molar refractivity (Wildman–Crippen MR) is 81.6 cm³/mol. The highest BCUT2D eigenvalue weighted by atomic mass is 35.5. The van der Waals surface area contributed by atoms with Crippen molar-refractivity contribution < 1.29 is 4.74 Å². The Morgan fingerprint density at radius 1 is 1.33 bits per heavy atom. The van der Waals surface area contributed by atoms with Crippen LogP contribution in [-0.2, 0) is 11.8 Å². The van der Waals surface area contributed by atoms with Crippen LogP contribution in [0.25, 0.3) is 11.2 Å². The maximum absolute atomic E-state index is 6.41. The van der Waals surface area contributed by atoms with Gasteiger partial charge < -0.3 is 9.30 Å². The van der Waals surface area contributed by atoms with E-state index >= 15 is 0 Å². The first-order chi connectivity index (χ1) is 10.1. The molecule has 0 aromatic carbocycles. The van der Waals surface area contributed by atoms with Gasteiger partial charge in [-0.25, -0.2) is 4.98 Å². The van der Waals surface area contributed by atoms with Crippen molar-refractivity contribution in [3.8, 4) is 0 Å². The summed E-state index contributed by atoms with van der Waals surface area (Å²) in [5.41, 5.74) is 3.02. The van der Waals surface area contributed by atoms with Crippen LogP contribution >= 0.6 is 11.6 Å². The van der Waals surface area contributed by atoms with Gasteiger partial charge >= 0.3 is 0 Å². The molecule has 4 rings (SSSR count). The Kier molecular flexibility index (Phi) is 3.05. The first kappa shape index (κ1) is 13.6. The van der Waals surface area contributed by atoms with Crippen LogP contribution in [0.4, 0.5) is 0 Å². The Hall–Kier alpha value is -1.07. The number of alkyl halides is 1. The van der Waals surface area contributed by atoms with E-state index in [-0.39, 0.29) is 5.38 Å². The molecule has 2 aromatic rings. The van der Waals surface area contributed by atoms with Gasteiger partial charge in [0.05, 0.1) is 23.2 Å². The molecule has 1 aliphatic heterocycles. The molecule has 2 fully saturated rings. The number of hydrogen-bond donors (Lipinski definition) is 0. The van der Waals surface area contributed by atoms with Gasteiger partial charge in [-0.05, 0) is 39.0 Å². The molecule has 1 saturated heterocycles. The standard InChI is InChI=1S/C15H21ClN4O/c1-8(16)14-17-12-9(2)18-19(3)15(12)20(14)11-6-7-21-13(11)10-4-5-10/h8,10-11,13H,4-7H2,1-3H3. The highest BCUT2D eigenvalue weighted by molar-refractivity contribution is 6.20. The fourth-order valence-corrected chi connectivity index (χ4v) is 3.83. The average Bonchev–Trinajstić information content (AvgIpc) is 2.93. The van der Waals surface area contributed by atoms with Gasteiger partial charge in [-0.3, -0.25) is 4.68 Å². The van der Waals surface area contributed by atoms with Gasteiger partial charge in [-0.2, -0.15) is 5.10 Å². The van der Waals surface area contributed by atoms with Crippen molar-refractivity contribution in [2.75, 3.05) is 6.61 Å². The van der Waals surface area contributed by atoms with Crippen LogP contribution in [-0.4, -0.2) is 32.0 Å². The van der Waals surface area contributed by atoms with Crippen LogP contribution in [0.2, 0.25) is 0 Å². The van der Waals surface area contributed by atoms with E-state index in [2.05, 4.69) is 9.67 Å². The van der Waals surface area contributed by atoms with Crippen molar-refractivity contribution in [2.24, 2.45) is 13.0 Å². The van der Waals surface area contributed by atoms with Crippen molar-refractivity contribution in [3.05, 3.63) is 11.5 Å². The molecule has 0 amide bonds. The quantitative estimate of drug-likeness (QED) is 0.818. The minimum atomic E-state index is -0.114. The molecule has 21 heavy (non-hydrogen) atoms. The van der Waals surface area contributed by atoms with E-state index in [9.17, 15) is 0 Å². The lowest BCUT2D eigenvalue weighted by Gasteiger charge is -2.23. The van der Waals surface area contributed by atoms with E-state index in [1.165, 1.54) is 12.8 Å². The molecular formula is C15H21ClN4O. The third-order valence-electron chi connectivity index (χ3n) is 4.74. The van der Waals surface area contributed by atoms with Crippen LogP contribution in [0.5, 0.6) is 0 Å². The second-order valence-corrected chi connectivity index (χ2v) is 7.02. The molecule has 2 aromatic heterocycles. The molecule has 2 aliphatic rings. The summed E-state index contributed by atoms with van der Waals surface area (Å²) >= 11 is 6.41. The Labute approximate surface area is 129 Å². The number of imidazole rings is 1. The minimum absolute atomic E-state index is 0.114. The molecule has 3 atom stereocenters. The second kappa shape index (κ2) is 4.71. The maximum Gasteiger partial charge on any atom is 0.159 e. The van der Waals surface area contributed by atoms with Crippen molar-refractivity contribution in [1.82, 2.24) is 19.3 Å². The van der Waals surface area contributed by atoms with Gasteiger partial charge in [0.15, 0.2) is 5.65 Å². The molecule has 114 valence electrons. The first-order valence-electron chi connectivity index (χ1n) is 7.75. The summed E-state index contributed by atoms with van der Waals surface area (Å²) in [6.07, 6.45) is 3.92. The summed E-state index contributed by atoms with van der Waals surface area (Å²) in [6.45, 7) is 4.83. The predicted octanol–water partition coefficient (Wildman–Crippen LogP) is 3.12. The van der Waals surface area contributed by atoms with Crippen LogP contribution in [0.1, 0.15) is 49.1 Å². The highest BCUT2D eigenvalue weighted by Gasteiger charge is 2.43. The Morgan fingerprint density at radius 2 is 2.10 bits per heavy atom. The number of ether oxygens (including phenoxy) is 1. The number of halogens is 1. The van der Waals surface area contributed by atoms with E-state index in [1.807, 2.05) is 25.6 Å². The zero-order valence-electron chi connectivity index (χ0n) is 12.7. The largest absolute Gasteiger partial charge is 0.376 e. The Balaban J connectivity index is 1.90. The monoisotopic (exact) mass is 308 g/mol. The van der Waals surface area contributed by atoms with Crippen LogP contribution in [0.3, 0.4) is 0 Å². The van der Waals surface area contributed by atoms with Crippen molar-refractivity contribution in [2.45, 2.75) is 50.6 Å². The molecule has 3 heterocycles. The Bertz CT molecular complexity index is 685. The van der Waals surface area contributed by atoms with E-state index in [0.717, 1.165) is 35.7 Å². The summed E-state index contributed by atoms with van der Waals surface area (Å²) < 4.78 is 10.3. The van der Waals surface area contributed by atoms with Crippen LogP contribution < -0.4 is 0 Å². The van der Waals surface area contributed by atoms with Crippen molar-refractivity contribution in [3.63, 3.8) is 0 Å². The number of aryl methyl sites for hydroxylation is 2. The van der Waals surface area contributed by atoms with Crippen LogP contribution in [0.15, 0.2) is 0 Å². The third kappa shape index (κ3) is 2.01. The minimum Gasteiger partial charge on any atom is -0.376 e. The SMILES string of the molecule is Cc1nn(C)c2c1nc(C(C)Cl)n2C1CCOC1C1CC1. The van der Waals surface area contributed by atoms with E-state index in [4.69, 9.17) is 21.3 Å². The molecule has 0 spiro atoms. The molecule has 3 unspecified atom stereocenters. The fraction of sp³-hybridized carbons (Fsp3) is 0.733. The van der Waals surface area contributed by atoms with Gasteiger partial charge in [0.1, 0.15) is 11.3 Å². The second-order valence-electron chi connectivity index (χ2n) is 6.37. The smallest absolute Gasteiger partial charge is 0.159 e. The Morgan fingerprint density at radius 3 is 2.76 bits per heavy atom. The van der Waals surface area contributed by atoms with Crippen molar-refractivity contribution in [1.29, 1.82) is 0 Å². The molecule has 1 saturated carbocycles. The topological polar surface area (TPSA) is 44.9 Å². The summed E-state index contributed by atoms with van der Waals surface area (Å²) in [4.78, 5) is 4.78. The molecule has 0 radical (unpaired) electrons. The number of nitrogens with zero attached hydrogens (tertiary/aromatic N) is 4. The van der Waals surface area contributed by atoms with Crippen LogP contribution in [0, 0.1) is 12.8 Å². The molecule has 1 aliphatic carbocycles. The zero-order chi connectivity index (χ0) is 14.7. The average molecular weight is 309 g/mol. The maximum atomic E-state index is 6.41. The van der Waals surface area contributed by atoms with Gasteiger partial charge in [0, 0.05) is 13.7 Å². The fourth-order valence-electron chi connectivity index (χ4n) is 3.67. The summed E-state index contributed by atoms with van der Waals surface area (Å²) in [5, 5.41) is 4.40. The molecule has 0 bridgehead atoms. The van der Waals surface area contributed by atoms with Gasteiger partial charge in [0.25, 0.3) is 0 Å². The first-order valence-corrected chi connectivity index (χ1v) is 8.18. The normalized spacial score (nSPS) is 27.6. The highest BCUT2D eigenvalue weighted by Crippen LogP contribution is 2.45. The van der Waals surface area contributed by atoms with E-state index in [0.29, 0.717) is 18.1 Å². The lowest BCUT2D eigenvalue weighted by molar-refractivity contribution is 0.0751. The lowest BCUT2D eigenvalue weighted by atomic mass is 10.1. The number of rotatable bonds is 3. The number of aromatic nitrogens is 4. The van der Waals surface area contributed by atoms with Crippen molar-refractivity contribution >= 4 is 22.8 Å². The number of fused-ring (bicyclic) bond motifs is 1. The van der Waals surface area contributed by atoms with Gasteiger partial charge in [-0.1, -0.05) is 0 Å². The molecule has 6 heteroatoms. The van der Waals surface area contributed by atoms with Gasteiger partial charge in [0.2, 0.25) is 0 Å². The summed E-state index contributed by atoms with van der Waals surface area (Å²) in [7, 11) is 1.98. The van der Waals surface area contributed by atoms with Gasteiger partial charge in [-0.15, -0.1) is 11.6 Å². The van der Waals surface area contributed by atoms with E-state index in [1.54, 1.807) is 0 Å². The van der Waals surface area contributed by atoms with E-state index < -0.39 is 0 Å². The lowest BCUT2D eigenvalue weighted by Crippen LogP contribution is -2.24. The zero-order valence-corrected chi connectivity index (χ0v) is 13.5. The molecule has 5 nitrogen and oxygen atoms in total. The third-order valence-corrected chi connectivity index (χ3v) is 4.93.